The SMILES string of the molecule is Cc1ccc(NC(=O)CN2C(=O)c3ccc([N+](=O)[O-])cc3C2=O)cc1[N+](=O)[O-]. The number of carbonyl (C=O) groups excluding carboxylic acids is 3. The van der Waals surface area contributed by atoms with E-state index in [4.69, 9.17) is 0 Å². The minimum atomic E-state index is -0.825. The van der Waals surface area contributed by atoms with E-state index in [0.717, 1.165) is 18.2 Å². The normalized spacial score (nSPS) is 12.7. The molecule has 3 rings (SSSR count). The molecule has 142 valence electrons. The highest BCUT2D eigenvalue weighted by Gasteiger charge is 2.37. The molecule has 0 bridgehead atoms. The number of carbonyl (C=O) groups is 3. The number of nitrogens with zero attached hydrogens (tertiary/aromatic N) is 3. The summed E-state index contributed by atoms with van der Waals surface area (Å²) < 4.78 is 0. The van der Waals surface area contributed by atoms with E-state index < -0.39 is 34.1 Å². The van der Waals surface area contributed by atoms with Crippen molar-refractivity contribution in [1.29, 1.82) is 0 Å². The predicted octanol–water partition coefficient (Wildman–Crippen LogP) is 2.05. The van der Waals surface area contributed by atoms with E-state index in [-0.39, 0.29) is 28.2 Å². The summed E-state index contributed by atoms with van der Waals surface area (Å²) in [7, 11) is 0. The van der Waals surface area contributed by atoms with Crippen molar-refractivity contribution in [2.45, 2.75) is 6.92 Å². The first-order valence-corrected chi connectivity index (χ1v) is 7.88. The summed E-state index contributed by atoms with van der Waals surface area (Å²) in [6, 6.07) is 7.31. The van der Waals surface area contributed by atoms with Gasteiger partial charge in [-0.25, -0.2) is 0 Å². The maximum absolute atomic E-state index is 12.4. The van der Waals surface area contributed by atoms with Crippen LogP contribution in [0.4, 0.5) is 17.1 Å². The van der Waals surface area contributed by atoms with Gasteiger partial charge in [-0.2, -0.15) is 0 Å². The molecular formula is C17H12N4O7. The van der Waals surface area contributed by atoms with Crippen LogP contribution in [0.25, 0.3) is 0 Å². The maximum Gasteiger partial charge on any atom is 0.274 e. The number of amides is 3. The molecule has 3 amide bonds. The molecule has 1 aliphatic heterocycles. The van der Waals surface area contributed by atoms with E-state index in [1.165, 1.54) is 18.2 Å². The summed E-state index contributed by atoms with van der Waals surface area (Å²) in [5.41, 5.74) is -0.184. The van der Waals surface area contributed by atoms with Crippen LogP contribution in [0.1, 0.15) is 26.3 Å². The molecule has 11 nitrogen and oxygen atoms in total. The summed E-state index contributed by atoms with van der Waals surface area (Å²) in [6.07, 6.45) is 0. The first-order chi connectivity index (χ1) is 13.2. The number of nitro benzene ring substituents is 2. The molecule has 0 aliphatic carbocycles. The van der Waals surface area contributed by atoms with Gasteiger partial charge in [-0.3, -0.25) is 39.5 Å². The lowest BCUT2D eigenvalue weighted by Gasteiger charge is -2.13. The molecule has 0 fully saturated rings. The standard InChI is InChI=1S/C17H12N4O7/c1-9-2-3-10(6-14(9)21(27)28)18-15(22)8-19-16(23)12-5-4-11(20(25)26)7-13(12)17(19)24/h2-7H,8H2,1H3,(H,18,22). The topological polar surface area (TPSA) is 153 Å². The highest BCUT2D eigenvalue weighted by atomic mass is 16.6. The van der Waals surface area contributed by atoms with Crippen molar-refractivity contribution >= 4 is 34.8 Å². The number of benzene rings is 2. The Hall–Kier alpha value is -4.15. The molecule has 1 N–H and O–H groups in total. The zero-order chi connectivity index (χ0) is 20.6. The number of imide groups is 1. The Morgan fingerprint density at radius 1 is 1.00 bits per heavy atom. The quantitative estimate of drug-likeness (QED) is 0.470. The van der Waals surface area contributed by atoms with Gasteiger partial charge in [0, 0.05) is 29.4 Å². The minimum absolute atomic E-state index is 0.0330. The average Bonchev–Trinajstić information content (AvgIpc) is 2.87. The number of hydrogen-bond donors (Lipinski definition) is 1. The van der Waals surface area contributed by atoms with Crippen molar-refractivity contribution < 1.29 is 24.2 Å². The van der Waals surface area contributed by atoms with Crippen LogP contribution in [-0.4, -0.2) is 39.0 Å². The van der Waals surface area contributed by atoms with Crippen molar-refractivity contribution in [3.8, 4) is 0 Å². The molecule has 0 unspecified atom stereocenters. The van der Waals surface area contributed by atoms with Crippen molar-refractivity contribution in [3.63, 3.8) is 0 Å². The van der Waals surface area contributed by atoms with Gasteiger partial charge in [-0.15, -0.1) is 0 Å². The molecule has 1 aliphatic rings. The van der Waals surface area contributed by atoms with Crippen LogP contribution in [0.3, 0.4) is 0 Å². The van der Waals surface area contributed by atoms with Crippen LogP contribution < -0.4 is 5.32 Å². The van der Waals surface area contributed by atoms with E-state index in [2.05, 4.69) is 5.32 Å². The summed E-state index contributed by atoms with van der Waals surface area (Å²) in [6.45, 7) is 0.906. The fourth-order valence-corrected chi connectivity index (χ4v) is 2.76. The van der Waals surface area contributed by atoms with Gasteiger partial charge >= 0.3 is 0 Å². The van der Waals surface area contributed by atoms with E-state index in [9.17, 15) is 34.6 Å². The van der Waals surface area contributed by atoms with E-state index in [0.29, 0.717) is 10.5 Å². The molecule has 2 aromatic rings. The third-order valence-corrected chi connectivity index (χ3v) is 4.16. The summed E-state index contributed by atoms with van der Waals surface area (Å²) in [5.74, 6) is -2.32. The fourth-order valence-electron chi connectivity index (χ4n) is 2.76. The van der Waals surface area contributed by atoms with Crippen LogP contribution >= 0.6 is 0 Å². The molecule has 11 heteroatoms. The first kappa shape index (κ1) is 18.6. The van der Waals surface area contributed by atoms with E-state index in [1.807, 2.05) is 0 Å². The molecule has 0 atom stereocenters. The maximum atomic E-state index is 12.4. The number of aryl methyl sites for hydroxylation is 1. The van der Waals surface area contributed by atoms with Gasteiger partial charge in [0.05, 0.1) is 21.0 Å². The van der Waals surface area contributed by atoms with Crippen LogP contribution in [0.5, 0.6) is 0 Å². The molecule has 0 saturated heterocycles. The van der Waals surface area contributed by atoms with Gasteiger partial charge in [0.2, 0.25) is 5.91 Å². The largest absolute Gasteiger partial charge is 0.324 e. The molecule has 1 heterocycles. The second kappa shape index (κ2) is 6.87. The molecule has 2 aromatic carbocycles. The number of nitro groups is 2. The molecule has 0 aromatic heterocycles. The van der Waals surface area contributed by atoms with Gasteiger partial charge < -0.3 is 5.32 Å². The number of fused-ring (bicyclic) bond motifs is 1. The van der Waals surface area contributed by atoms with Crippen LogP contribution in [0.2, 0.25) is 0 Å². The average molecular weight is 384 g/mol. The van der Waals surface area contributed by atoms with Gasteiger partial charge in [-0.1, -0.05) is 6.07 Å². The van der Waals surface area contributed by atoms with Crippen LogP contribution in [0.15, 0.2) is 36.4 Å². The second-order valence-electron chi connectivity index (χ2n) is 5.99. The number of rotatable bonds is 5. The van der Waals surface area contributed by atoms with Crippen LogP contribution in [0, 0.1) is 27.2 Å². The third-order valence-electron chi connectivity index (χ3n) is 4.16. The number of nitrogens with one attached hydrogen (secondary N) is 1. The summed E-state index contributed by atoms with van der Waals surface area (Å²) >= 11 is 0. The Balaban J connectivity index is 1.77. The van der Waals surface area contributed by atoms with Gasteiger partial charge in [0.25, 0.3) is 23.2 Å². The summed E-state index contributed by atoms with van der Waals surface area (Å²) in [5, 5.41) is 24.2. The van der Waals surface area contributed by atoms with Crippen molar-refractivity contribution in [1.82, 2.24) is 4.90 Å². The second-order valence-corrected chi connectivity index (χ2v) is 5.99. The molecule has 0 radical (unpaired) electrons. The number of anilines is 1. The highest BCUT2D eigenvalue weighted by molar-refractivity contribution is 6.23. The van der Waals surface area contributed by atoms with Crippen LogP contribution in [-0.2, 0) is 4.79 Å². The Kier molecular flexibility index (Phi) is 4.57. The van der Waals surface area contributed by atoms with Gasteiger partial charge in [0.1, 0.15) is 6.54 Å². The van der Waals surface area contributed by atoms with Gasteiger partial charge in [0.15, 0.2) is 0 Å². The smallest absolute Gasteiger partial charge is 0.274 e. The molecule has 0 saturated carbocycles. The lowest BCUT2D eigenvalue weighted by atomic mass is 10.1. The molecule has 28 heavy (non-hydrogen) atoms. The monoisotopic (exact) mass is 384 g/mol. The van der Waals surface area contributed by atoms with E-state index in [1.54, 1.807) is 6.92 Å². The fraction of sp³-hybridized carbons (Fsp3) is 0.118. The zero-order valence-corrected chi connectivity index (χ0v) is 14.4. The van der Waals surface area contributed by atoms with Crippen molar-refractivity contribution in [3.05, 3.63) is 73.3 Å². The van der Waals surface area contributed by atoms with Crippen molar-refractivity contribution in [2.24, 2.45) is 0 Å². The predicted molar refractivity (Wildman–Crippen MR) is 94.9 cm³/mol. The lowest BCUT2D eigenvalue weighted by molar-refractivity contribution is -0.385. The molecule has 0 spiro atoms. The summed E-state index contributed by atoms with van der Waals surface area (Å²) in [4.78, 5) is 58.1. The first-order valence-electron chi connectivity index (χ1n) is 7.88. The molecular weight excluding hydrogens is 372 g/mol. The highest BCUT2D eigenvalue weighted by Crippen LogP contribution is 2.27. The Morgan fingerprint density at radius 2 is 1.68 bits per heavy atom. The Bertz CT molecular complexity index is 1060. The zero-order valence-electron chi connectivity index (χ0n) is 14.4. The number of hydrogen-bond acceptors (Lipinski definition) is 7. The minimum Gasteiger partial charge on any atom is -0.324 e. The Morgan fingerprint density at radius 3 is 2.32 bits per heavy atom. The van der Waals surface area contributed by atoms with Gasteiger partial charge in [-0.05, 0) is 19.1 Å². The Labute approximate surface area is 156 Å². The number of non-ortho nitro benzene ring substituents is 1. The van der Waals surface area contributed by atoms with Crippen molar-refractivity contribution in [2.75, 3.05) is 11.9 Å². The lowest BCUT2D eigenvalue weighted by Crippen LogP contribution is -2.37. The third kappa shape index (κ3) is 3.28. The van der Waals surface area contributed by atoms with E-state index >= 15 is 0 Å².